The molecule has 0 amide bonds. The maximum atomic E-state index is 14.0. The fourth-order valence-corrected chi connectivity index (χ4v) is 4.74. The summed E-state index contributed by atoms with van der Waals surface area (Å²) in [6, 6.07) is 12.8. The van der Waals surface area contributed by atoms with E-state index in [1.54, 1.807) is 0 Å². The van der Waals surface area contributed by atoms with E-state index in [4.69, 9.17) is 11.6 Å². The standard InChI is InChI=1S/C16H15ClFNO2S/c17-13-8-9-16(14(18)11-13)22(20,21)19-10-4-7-15(19)12-5-2-1-3-6-12/h1-3,5-6,8-9,11,15H,4,7,10H2. The SMILES string of the molecule is O=S(=O)(c1ccc(Cl)cc1F)N1CCCC1c1ccccc1. The molecule has 0 N–H and O–H groups in total. The average Bonchev–Trinajstić information content (AvgIpc) is 2.98. The molecule has 1 fully saturated rings. The molecule has 116 valence electrons. The van der Waals surface area contributed by atoms with Crippen LogP contribution in [0.2, 0.25) is 5.02 Å². The van der Waals surface area contributed by atoms with Crippen molar-refractivity contribution < 1.29 is 12.8 Å². The van der Waals surface area contributed by atoms with Crippen molar-refractivity contribution in [2.24, 2.45) is 0 Å². The van der Waals surface area contributed by atoms with Gasteiger partial charge in [0.25, 0.3) is 0 Å². The lowest BCUT2D eigenvalue weighted by Gasteiger charge is -2.24. The molecule has 3 nitrogen and oxygen atoms in total. The Morgan fingerprint density at radius 2 is 1.86 bits per heavy atom. The number of rotatable bonds is 3. The second kappa shape index (κ2) is 5.99. The van der Waals surface area contributed by atoms with Crippen LogP contribution in [0.25, 0.3) is 0 Å². The molecule has 2 aromatic carbocycles. The average molecular weight is 340 g/mol. The number of halogens is 2. The van der Waals surface area contributed by atoms with Gasteiger partial charge in [0.15, 0.2) is 0 Å². The van der Waals surface area contributed by atoms with Crippen molar-refractivity contribution in [2.45, 2.75) is 23.8 Å². The van der Waals surface area contributed by atoms with E-state index >= 15 is 0 Å². The summed E-state index contributed by atoms with van der Waals surface area (Å²) >= 11 is 5.70. The summed E-state index contributed by atoms with van der Waals surface area (Å²) in [5, 5.41) is 0.178. The third-order valence-electron chi connectivity index (χ3n) is 3.87. The second-order valence-corrected chi connectivity index (χ2v) is 7.55. The zero-order valence-electron chi connectivity index (χ0n) is 11.7. The van der Waals surface area contributed by atoms with Gasteiger partial charge in [-0.05, 0) is 36.6 Å². The molecule has 2 aromatic rings. The number of hydrogen-bond acceptors (Lipinski definition) is 2. The van der Waals surface area contributed by atoms with Gasteiger partial charge in [-0.1, -0.05) is 41.9 Å². The van der Waals surface area contributed by atoms with Crippen molar-refractivity contribution in [3.8, 4) is 0 Å². The van der Waals surface area contributed by atoms with Gasteiger partial charge < -0.3 is 0 Å². The Bertz CT molecular complexity index is 780. The molecule has 0 aromatic heterocycles. The van der Waals surface area contributed by atoms with Crippen LogP contribution >= 0.6 is 11.6 Å². The van der Waals surface area contributed by atoms with Gasteiger partial charge in [0, 0.05) is 11.6 Å². The molecule has 1 aliphatic heterocycles. The number of sulfonamides is 1. The summed E-state index contributed by atoms with van der Waals surface area (Å²) in [5.74, 6) is -0.814. The minimum absolute atomic E-state index is 0.178. The van der Waals surface area contributed by atoms with Gasteiger partial charge in [-0.25, -0.2) is 12.8 Å². The van der Waals surface area contributed by atoms with Crippen LogP contribution in [0.3, 0.4) is 0 Å². The Kier molecular flexibility index (Phi) is 4.21. The highest BCUT2D eigenvalue weighted by molar-refractivity contribution is 7.89. The minimum Gasteiger partial charge on any atom is -0.207 e. The van der Waals surface area contributed by atoms with Crippen molar-refractivity contribution in [3.63, 3.8) is 0 Å². The highest BCUT2D eigenvalue weighted by Crippen LogP contribution is 2.37. The van der Waals surface area contributed by atoms with Crippen molar-refractivity contribution in [1.29, 1.82) is 0 Å². The largest absolute Gasteiger partial charge is 0.246 e. The first-order valence-corrected chi connectivity index (χ1v) is 8.84. The quantitative estimate of drug-likeness (QED) is 0.847. The predicted octanol–water partition coefficient (Wildman–Crippen LogP) is 4.00. The Balaban J connectivity index is 2.01. The lowest BCUT2D eigenvalue weighted by atomic mass is 10.1. The van der Waals surface area contributed by atoms with Crippen molar-refractivity contribution in [2.75, 3.05) is 6.54 Å². The third kappa shape index (κ3) is 2.76. The van der Waals surface area contributed by atoms with Crippen molar-refractivity contribution in [1.82, 2.24) is 4.31 Å². The van der Waals surface area contributed by atoms with Crippen LogP contribution in [0.4, 0.5) is 4.39 Å². The van der Waals surface area contributed by atoms with Gasteiger partial charge >= 0.3 is 0 Å². The summed E-state index contributed by atoms with van der Waals surface area (Å²) in [7, 11) is -3.88. The Labute approximate surface area is 134 Å². The van der Waals surface area contributed by atoms with E-state index in [9.17, 15) is 12.8 Å². The smallest absolute Gasteiger partial charge is 0.207 e. The highest BCUT2D eigenvalue weighted by Gasteiger charge is 2.37. The first kappa shape index (κ1) is 15.5. The maximum Gasteiger partial charge on any atom is 0.246 e. The third-order valence-corrected chi connectivity index (χ3v) is 6.05. The van der Waals surface area contributed by atoms with Crippen molar-refractivity contribution in [3.05, 3.63) is 64.9 Å². The fourth-order valence-electron chi connectivity index (χ4n) is 2.85. The molecule has 1 heterocycles. The van der Waals surface area contributed by atoms with Crippen LogP contribution < -0.4 is 0 Å². The van der Waals surface area contributed by atoms with Crippen molar-refractivity contribution >= 4 is 21.6 Å². The Hall–Kier alpha value is -1.43. The molecule has 0 saturated carbocycles. The van der Waals surface area contributed by atoms with Crippen LogP contribution in [0.15, 0.2) is 53.4 Å². The minimum atomic E-state index is -3.88. The summed E-state index contributed by atoms with van der Waals surface area (Å²) < 4.78 is 41.0. The molecular weight excluding hydrogens is 325 g/mol. The summed E-state index contributed by atoms with van der Waals surface area (Å²) in [4.78, 5) is -0.320. The van der Waals surface area contributed by atoms with Gasteiger partial charge in [-0.15, -0.1) is 0 Å². The van der Waals surface area contributed by atoms with Crippen LogP contribution in [0.1, 0.15) is 24.4 Å². The van der Waals surface area contributed by atoms with E-state index < -0.39 is 15.8 Å². The summed E-state index contributed by atoms with van der Waals surface area (Å²) in [6.45, 7) is 0.393. The molecule has 3 rings (SSSR count). The lowest BCUT2D eigenvalue weighted by molar-refractivity contribution is 0.393. The molecular formula is C16H15ClFNO2S. The molecule has 6 heteroatoms. The Morgan fingerprint density at radius 3 is 2.55 bits per heavy atom. The molecule has 1 saturated heterocycles. The zero-order chi connectivity index (χ0) is 15.7. The van der Waals surface area contributed by atoms with E-state index in [0.29, 0.717) is 6.54 Å². The molecule has 0 bridgehead atoms. The van der Waals surface area contributed by atoms with Crippen LogP contribution in [-0.4, -0.2) is 19.3 Å². The van der Waals surface area contributed by atoms with E-state index in [1.165, 1.54) is 16.4 Å². The lowest BCUT2D eigenvalue weighted by Crippen LogP contribution is -2.31. The summed E-state index contributed by atoms with van der Waals surface area (Å²) in [5.41, 5.74) is 0.929. The van der Waals surface area contributed by atoms with E-state index in [0.717, 1.165) is 24.5 Å². The topological polar surface area (TPSA) is 37.4 Å². The van der Waals surface area contributed by atoms with E-state index in [2.05, 4.69) is 0 Å². The first-order valence-electron chi connectivity index (χ1n) is 7.02. The first-order chi connectivity index (χ1) is 10.5. The monoisotopic (exact) mass is 339 g/mol. The molecule has 0 spiro atoms. The van der Waals surface area contributed by atoms with E-state index in [1.807, 2.05) is 30.3 Å². The molecule has 1 aliphatic rings. The van der Waals surface area contributed by atoms with Crippen LogP contribution in [0, 0.1) is 5.82 Å². The van der Waals surface area contributed by atoms with Crippen LogP contribution in [0.5, 0.6) is 0 Å². The van der Waals surface area contributed by atoms with Gasteiger partial charge in [0.1, 0.15) is 10.7 Å². The number of benzene rings is 2. The van der Waals surface area contributed by atoms with Gasteiger partial charge in [-0.2, -0.15) is 4.31 Å². The Morgan fingerprint density at radius 1 is 1.14 bits per heavy atom. The normalized spacial score (nSPS) is 19.5. The highest BCUT2D eigenvalue weighted by atomic mass is 35.5. The molecule has 22 heavy (non-hydrogen) atoms. The molecule has 1 atom stereocenters. The summed E-state index contributed by atoms with van der Waals surface area (Å²) in [6.07, 6.45) is 1.49. The number of hydrogen-bond donors (Lipinski definition) is 0. The fraction of sp³-hybridized carbons (Fsp3) is 0.250. The van der Waals surface area contributed by atoms with Gasteiger partial charge in [0.05, 0.1) is 6.04 Å². The van der Waals surface area contributed by atoms with Gasteiger partial charge in [-0.3, -0.25) is 0 Å². The van der Waals surface area contributed by atoms with Crippen LogP contribution in [-0.2, 0) is 10.0 Å². The molecule has 0 radical (unpaired) electrons. The number of nitrogens with zero attached hydrogens (tertiary/aromatic N) is 1. The molecule has 0 aliphatic carbocycles. The maximum absolute atomic E-state index is 14.0. The second-order valence-electron chi connectivity index (χ2n) is 5.26. The molecule has 1 unspecified atom stereocenters. The van der Waals surface area contributed by atoms with E-state index in [-0.39, 0.29) is 16.0 Å². The zero-order valence-corrected chi connectivity index (χ0v) is 13.3. The van der Waals surface area contributed by atoms with Gasteiger partial charge in [0.2, 0.25) is 10.0 Å². The predicted molar refractivity (Wildman–Crippen MR) is 83.7 cm³/mol.